The summed E-state index contributed by atoms with van der Waals surface area (Å²) in [6.45, 7) is 1.66. The summed E-state index contributed by atoms with van der Waals surface area (Å²) in [5.74, 6) is 1.18. The lowest BCUT2D eigenvalue weighted by Crippen LogP contribution is -2.40. The van der Waals surface area contributed by atoms with E-state index in [1.54, 1.807) is 20.3 Å². The lowest BCUT2D eigenvalue weighted by Gasteiger charge is -2.26. The number of methoxy groups -OCH3 is 2. The van der Waals surface area contributed by atoms with E-state index in [1.807, 2.05) is 53.4 Å². The fraction of sp³-hybridized carbons (Fsp3) is 0.214. The van der Waals surface area contributed by atoms with Crippen molar-refractivity contribution in [1.82, 2.24) is 15.2 Å². The van der Waals surface area contributed by atoms with Crippen LogP contribution in [0, 0.1) is 0 Å². The van der Waals surface area contributed by atoms with E-state index in [0.29, 0.717) is 47.3 Å². The fourth-order valence-corrected chi connectivity index (χ4v) is 4.21. The number of aromatic amines is 1. The molecular formula is C28H29N3O3S. The molecule has 0 unspecified atom stereocenters. The van der Waals surface area contributed by atoms with Gasteiger partial charge in [0, 0.05) is 30.1 Å². The normalized spacial score (nSPS) is 10.7. The Morgan fingerprint density at radius 2 is 1.51 bits per heavy atom. The summed E-state index contributed by atoms with van der Waals surface area (Å²) in [4.78, 5) is 18.0. The van der Waals surface area contributed by atoms with E-state index in [9.17, 15) is 4.79 Å². The zero-order valence-electron chi connectivity index (χ0n) is 19.9. The van der Waals surface area contributed by atoms with E-state index in [2.05, 4.69) is 34.6 Å². The maximum absolute atomic E-state index is 13.0. The Labute approximate surface area is 210 Å². The SMILES string of the molecule is COc1cc2cc(CN(Cc3ccccc3)C(=S)NCCc3ccccc3)c(=O)[nH]c2cc1OC. The molecule has 0 aliphatic heterocycles. The molecule has 0 bridgehead atoms. The second kappa shape index (κ2) is 11.5. The van der Waals surface area contributed by atoms with Crippen molar-refractivity contribution in [1.29, 1.82) is 0 Å². The summed E-state index contributed by atoms with van der Waals surface area (Å²) in [5.41, 5.74) is 3.51. The summed E-state index contributed by atoms with van der Waals surface area (Å²) in [6.07, 6.45) is 0.859. The highest BCUT2D eigenvalue weighted by Crippen LogP contribution is 2.31. The maximum atomic E-state index is 13.0. The van der Waals surface area contributed by atoms with Gasteiger partial charge in [0.2, 0.25) is 0 Å². The van der Waals surface area contributed by atoms with Crippen LogP contribution in [0.15, 0.2) is 83.7 Å². The van der Waals surface area contributed by atoms with Gasteiger partial charge in [-0.25, -0.2) is 0 Å². The molecule has 35 heavy (non-hydrogen) atoms. The average Bonchev–Trinajstić information content (AvgIpc) is 2.89. The van der Waals surface area contributed by atoms with Crippen LogP contribution in [0.3, 0.4) is 0 Å². The van der Waals surface area contributed by atoms with E-state index in [1.165, 1.54) is 5.56 Å². The van der Waals surface area contributed by atoms with Crippen LogP contribution < -0.4 is 20.3 Å². The van der Waals surface area contributed by atoms with Crippen molar-refractivity contribution in [2.75, 3.05) is 20.8 Å². The lowest BCUT2D eigenvalue weighted by atomic mass is 10.1. The Hall–Kier alpha value is -3.84. The monoisotopic (exact) mass is 487 g/mol. The zero-order chi connectivity index (χ0) is 24.6. The Kier molecular flexibility index (Phi) is 8.00. The average molecular weight is 488 g/mol. The van der Waals surface area contributed by atoms with E-state index in [0.717, 1.165) is 17.4 Å². The number of nitrogens with zero attached hydrogens (tertiary/aromatic N) is 1. The van der Waals surface area contributed by atoms with E-state index in [4.69, 9.17) is 21.7 Å². The number of pyridine rings is 1. The molecule has 4 aromatic rings. The van der Waals surface area contributed by atoms with Crippen LogP contribution in [-0.2, 0) is 19.5 Å². The molecule has 0 spiro atoms. The molecule has 0 atom stereocenters. The molecule has 1 aromatic heterocycles. The third kappa shape index (κ3) is 6.19. The minimum Gasteiger partial charge on any atom is -0.493 e. The van der Waals surface area contributed by atoms with Gasteiger partial charge in [-0.05, 0) is 41.9 Å². The first kappa shape index (κ1) is 24.3. The first-order valence-corrected chi connectivity index (χ1v) is 11.9. The predicted molar refractivity (Wildman–Crippen MR) is 144 cm³/mol. The van der Waals surface area contributed by atoms with Crippen molar-refractivity contribution in [2.45, 2.75) is 19.5 Å². The molecule has 4 rings (SSSR count). The van der Waals surface area contributed by atoms with Crippen LogP contribution in [0.1, 0.15) is 16.7 Å². The molecule has 0 radical (unpaired) electrons. The van der Waals surface area contributed by atoms with Crippen LogP contribution in [0.25, 0.3) is 10.9 Å². The van der Waals surface area contributed by atoms with Gasteiger partial charge in [-0.2, -0.15) is 0 Å². The van der Waals surface area contributed by atoms with Crippen LogP contribution in [-0.4, -0.2) is 35.8 Å². The van der Waals surface area contributed by atoms with Gasteiger partial charge in [-0.3, -0.25) is 4.79 Å². The molecule has 3 aromatic carbocycles. The van der Waals surface area contributed by atoms with Crippen LogP contribution in [0.5, 0.6) is 11.5 Å². The Bertz CT molecular complexity index is 1340. The highest BCUT2D eigenvalue weighted by Gasteiger charge is 2.15. The van der Waals surface area contributed by atoms with E-state index in [-0.39, 0.29) is 5.56 Å². The molecule has 0 aliphatic rings. The van der Waals surface area contributed by atoms with Gasteiger partial charge in [0.25, 0.3) is 5.56 Å². The number of rotatable bonds is 9. The molecule has 0 aliphatic carbocycles. The number of ether oxygens (including phenoxy) is 2. The first-order chi connectivity index (χ1) is 17.1. The second-order valence-electron chi connectivity index (χ2n) is 8.23. The number of thiocarbonyl (C=S) groups is 1. The van der Waals surface area contributed by atoms with E-state index >= 15 is 0 Å². The summed E-state index contributed by atoms with van der Waals surface area (Å²) < 4.78 is 10.8. The summed E-state index contributed by atoms with van der Waals surface area (Å²) in [6, 6.07) is 25.9. The first-order valence-electron chi connectivity index (χ1n) is 11.5. The highest BCUT2D eigenvalue weighted by atomic mass is 32.1. The van der Waals surface area contributed by atoms with Crippen molar-refractivity contribution < 1.29 is 9.47 Å². The summed E-state index contributed by atoms with van der Waals surface area (Å²) in [7, 11) is 3.17. The molecule has 0 amide bonds. The molecule has 1 heterocycles. The van der Waals surface area contributed by atoms with Gasteiger partial charge < -0.3 is 24.7 Å². The number of hydrogen-bond donors (Lipinski definition) is 2. The smallest absolute Gasteiger partial charge is 0.253 e. The van der Waals surface area contributed by atoms with Gasteiger partial charge in [0.05, 0.1) is 26.3 Å². The fourth-order valence-electron chi connectivity index (χ4n) is 3.97. The minimum atomic E-state index is -0.158. The Balaban J connectivity index is 1.57. The molecule has 2 N–H and O–H groups in total. The second-order valence-corrected chi connectivity index (χ2v) is 8.61. The van der Waals surface area contributed by atoms with Gasteiger partial charge in [0.1, 0.15) is 0 Å². The van der Waals surface area contributed by atoms with Crippen molar-refractivity contribution >= 4 is 28.2 Å². The number of aromatic nitrogens is 1. The van der Waals surface area contributed by atoms with Crippen molar-refractivity contribution in [3.63, 3.8) is 0 Å². The highest BCUT2D eigenvalue weighted by molar-refractivity contribution is 7.80. The largest absolute Gasteiger partial charge is 0.493 e. The van der Waals surface area contributed by atoms with Crippen LogP contribution in [0.2, 0.25) is 0 Å². The lowest BCUT2D eigenvalue weighted by molar-refractivity contribution is 0.355. The predicted octanol–water partition coefficient (Wildman–Crippen LogP) is 4.66. The molecule has 180 valence electrons. The Morgan fingerprint density at radius 1 is 0.886 bits per heavy atom. The number of hydrogen-bond acceptors (Lipinski definition) is 4. The standard InChI is InChI=1S/C28H29N3O3S/c1-33-25-16-22-15-23(27(32)30-24(22)17-26(25)34-2)19-31(18-21-11-7-4-8-12-21)28(35)29-14-13-20-9-5-3-6-10-20/h3-12,15-17H,13-14,18-19H2,1-2H3,(H,29,35)(H,30,32). The molecular weight excluding hydrogens is 458 g/mol. The topological polar surface area (TPSA) is 66.6 Å². The number of fused-ring (bicyclic) bond motifs is 1. The van der Waals surface area contributed by atoms with Crippen LogP contribution in [0.4, 0.5) is 0 Å². The number of benzene rings is 3. The van der Waals surface area contributed by atoms with Crippen molar-refractivity contribution in [3.8, 4) is 11.5 Å². The van der Waals surface area contributed by atoms with Gasteiger partial charge >= 0.3 is 0 Å². The number of H-pyrrole nitrogens is 1. The van der Waals surface area contributed by atoms with Crippen LogP contribution >= 0.6 is 12.2 Å². The van der Waals surface area contributed by atoms with Crippen molar-refractivity contribution in [2.24, 2.45) is 0 Å². The molecule has 0 fully saturated rings. The van der Waals surface area contributed by atoms with Gasteiger partial charge in [-0.1, -0.05) is 60.7 Å². The zero-order valence-corrected chi connectivity index (χ0v) is 20.7. The van der Waals surface area contributed by atoms with Crippen molar-refractivity contribution in [3.05, 3.63) is 106 Å². The third-order valence-electron chi connectivity index (χ3n) is 5.82. The molecule has 0 saturated heterocycles. The minimum absolute atomic E-state index is 0.158. The maximum Gasteiger partial charge on any atom is 0.253 e. The van der Waals surface area contributed by atoms with Gasteiger partial charge in [0.15, 0.2) is 16.6 Å². The third-order valence-corrected chi connectivity index (χ3v) is 6.23. The molecule has 6 nitrogen and oxygen atoms in total. The Morgan fingerprint density at radius 3 is 2.17 bits per heavy atom. The van der Waals surface area contributed by atoms with E-state index < -0.39 is 0 Å². The summed E-state index contributed by atoms with van der Waals surface area (Å²) >= 11 is 5.77. The number of nitrogens with one attached hydrogen (secondary N) is 2. The molecule has 7 heteroatoms. The van der Waals surface area contributed by atoms with Gasteiger partial charge in [-0.15, -0.1) is 0 Å². The quantitative estimate of drug-likeness (QED) is 0.335. The summed E-state index contributed by atoms with van der Waals surface area (Å²) in [5, 5.41) is 4.84. The molecule has 0 saturated carbocycles.